The molecule has 0 saturated carbocycles. The van der Waals surface area contributed by atoms with Crippen LogP contribution in [0.3, 0.4) is 0 Å². The minimum absolute atomic E-state index is 0.169. The van der Waals surface area contributed by atoms with Gasteiger partial charge in [0, 0.05) is 25.7 Å². The van der Waals surface area contributed by atoms with E-state index in [0.29, 0.717) is 18.2 Å². The van der Waals surface area contributed by atoms with Gasteiger partial charge in [0.15, 0.2) is 5.76 Å². The van der Waals surface area contributed by atoms with Crippen LogP contribution in [0.4, 0.5) is 0 Å². The van der Waals surface area contributed by atoms with Gasteiger partial charge in [-0.15, -0.1) is 0 Å². The molecular weight excluding hydrogens is 316 g/mol. The van der Waals surface area contributed by atoms with Crippen LogP contribution in [0.25, 0.3) is 11.7 Å². The van der Waals surface area contributed by atoms with E-state index < -0.39 is 0 Å². The Morgan fingerprint density at radius 3 is 2.60 bits per heavy atom. The predicted molar refractivity (Wildman–Crippen MR) is 95.8 cm³/mol. The van der Waals surface area contributed by atoms with E-state index >= 15 is 0 Å². The van der Waals surface area contributed by atoms with Crippen molar-refractivity contribution in [2.24, 2.45) is 0 Å². The van der Waals surface area contributed by atoms with Crippen molar-refractivity contribution in [3.63, 3.8) is 0 Å². The van der Waals surface area contributed by atoms with E-state index in [1.807, 2.05) is 37.3 Å². The summed E-state index contributed by atoms with van der Waals surface area (Å²) in [5, 5.41) is 9.33. The first-order valence-corrected chi connectivity index (χ1v) is 8.56. The Morgan fingerprint density at radius 2 is 1.92 bits per heavy atom. The van der Waals surface area contributed by atoms with Crippen molar-refractivity contribution in [2.75, 3.05) is 6.61 Å². The Morgan fingerprint density at radius 1 is 1.12 bits per heavy atom. The van der Waals surface area contributed by atoms with Gasteiger partial charge in [0.1, 0.15) is 5.76 Å². The molecule has 0 aliphatic rings. The van der Waals surface area contributed by atoms with Crippen LogP contribution in [-0.2, 0) is 13.1 Å². The molecule has 0 saturated heterocycles. The summed E-state index contributed by atoms with van der Waals surface area (Å²) in [6, 6.07) is 14.2. The third-order valence-corrected chi connectivity index (χ3v) is 4.38. The number of aliphatic hydroxyl groups is 1. The zero-order chi connectivity index (χ0) is 17.6. The molecule has 5 nitrogen and oxygen atoms in total. The van der Waals surface area contributed by atoms with E-state index in [1.165, 1.54) is 5.56 Å². The molecule has 0 spiro atoms. The van der Waals surface area contributed by atoms with Crippen molar-refractivity contribution >= 4 is 0 Å². The van der Waals surface area contributed by atoms with Crippen molar-refractivity contribution in [3.8, 4) is 11.7 Å². The molecule has 1 unspecified atom stereocenters. The van der Waals surface area contributed by atoms with Crippen molar-refractivity contribution in [2.45, 2.75) is 39.4 Å². The van der Waals surface area contributed by atoms with Gasteiger partial charge >= 0.3 is 0 Å². The first-order valence-electron chi connectivity index (χ1n) is 8.56. The van der Waals surface area contributed by atoms with Crippen LogP contribution in [-0.4, -0.2) is 27.6 Å². The minimum Gasteiger partial charge on any atom is -0.459 e. The van der Waals surface area contributed by atoms with Gasteiger partial charge in [-0.3, -0.25) is 4.90 Å². The molecule has 0 radical (unpaired) electrons. The van der Waals surface area contributed by atoms with Gasteiger partial charge in [0.2, 0.25) is 0 Å². The van der Waals surface area contributed by atoms with Gasteiger partial charge in [-0.05, 0) is 38.0 Å². The zero-order valence-corrected chi connectivity index (χ0v) is 14.7. The summed E-state index contributed by atoms with van der Waals surface area (Å²) < 4.78 is 11.1. The van der Waals surface area contributed by atoms with Crippen LogP contribution in [0.15, 0.2) is 57.6 Å². The van der Waals surface area contributed by atoms with E-state index in [4.69, 9.17) is 8.83 Å². The van der Waals surface area contributed by atoms with Crippen molar-refractivity contribution in [1.29, 1.82) is 0 Å². The molecule has 0 fully saturated rings. The highest BCUT2D eigenvalue weighted by molar-refractivity contribution is 5.44. The summed E-state index contributed by atoms with van der Waals surface area (Å²) in [5.74, 6) is 1.93. The molecular formula is C20H24N2O3. The second-order valence-corrected chi connectivity index (χ2v) is 6.25. The molecule has 132 valence electrons. The maximum atomic E-state index is 9.33. The first kappa shape index (κ1) is 17.5. The number of rotatable bonds is 8. The Kier molecular flexibility index (Phi) is 5.68. The fourth-order valence-corrected chi connectivity index (χ4v) is 2.83. The number of hydrogen-bond acceptors (Lipinski definition) is 5. The predicted octanol–water partition coefficient (Wildman–Crippen LogP) is 4.02. The highest BCUT2D eigenvalue weighted by atomic mass is 16.4. The summed E-state index contributed by atoms with van der Waals surface area (Å²) in [7, 11) is 0. The van der Waals surface area contributed by atoms with E-state index in [-0.39, 0.29) is 12.6 Å². The lowest BCUT2D eigenvalue weighted by molar-refractivity contribution is 0.151. The summed E-state index contributed by atoms with van der Waals surface area (Å²) >= 11 is 0. The van der Waals surface area contributed by atoms with E-state index in [1.54, 1.807) is 6.26 Å². The Hall–Kier alpha value is -2.37. The number of benzene rings is 1. The molecule has 25 heavy (non-hydrogen) atoms. The average molecular weight is 340 g/mol. The molecule has 3 rings (SSSR count). The summed E-state index contributed by atoms with van der Waals surface area (Å²) in [6.07, 6.45) is 2.33. The van der Waals surface area contributed by atoms with Crippen LogP contribution >= 0.6 is 0 Å². The summed E-state index contributed by atoms with van der Waals surface area (Å²) in [5.41, 5.74) is 2.13. The monoisotopic (exact) mass is 340 g/mol. The van der Waals surface area contributed by atoms with Crippen LogP contribution < -0.4 is 0 Å². The topological polar surface area (TPSA) is 62.6 Å². The normalized spacial score (nSPS) is 12.6. The quantitative estimate of drug-likeness (QED) is 0.671. The van der Waals surface area contributed by atoms with E-state index in [2.05, 4.69) is 28.9 Å². The molecule has 2 aromatic heterocycles. The van der Waals surface area contributed by atoms with E-state index in [0.717, 1.165) is 24.4 Å². The second-order valence-electron chi connectivity index (χ2n) is 6.25. The van der Waals surface area contributed by atoms with Crippen LogP contribution in [0.2, 0.25) is 0 Å². The summed E-state index contributed by atoms with van der Waals surface area (Å²) in [6.45, 7) is 5.67. The lowest BCUT2D eigenvalue weighted by Crippen LogP contribution is -2.33. The van der Waals surface area contributed by atoms with Crippen molar-refractivity contribution < 1.29 is 13.9 Å². The smallest absolute Gasteiger partial charge is 0.263 e. The Labute approximate surface area is 147 Å². The SMILES string of the molecule is Cc1oc(-c2ccco2)nc1CN(Cc1ccccc1)C(C)CCO. The first-order chi connectivity index (χ1) is 12.2. The van der Waals surface area contributed by atoms with Gasteiger partial charge in [0.05, 0.1) is 12.0 Å². The van der Waals surface area contributed by atoms with Crippen LogP contribution in [0.5, 0.6) is 0 Å². The Bertz CT molecular complexity index is 766. The number of aromatic nitrogens is 1. The van der Waals surface area contributed by atoms with Gasteiger partial charge in [-0.2, -0.15) is 0 Å². The largest absolute Gasteiger partial charge is 0.459 e. The molecule has 1 aromatic carbocycles. The standard InChI is InChI=1S/C20H24N2O3/c1-15(10-11-23)22(13-17-7-4-3-5-8-17)14-18-16(2)25-20(21-18)19-9-6-12-24-19/h3-9,12,15,23H,10-11,13-14H2,1-2H3. The van der Waals surface area contributed by atoms with Gasteiger partial charge < -0.3 is 13.9 Å². The molecule has 0 aliphatic carbocycles. The molecule has 1 N–H and O–H groups in total. The molecule has 0 bridgehead atoms. The lowest BCUT2D eigenvalue weighted by atomic mass is 10.1. The van der Waals surface area contributed by atoms with Gasteiger partial charge in [-0.25, -0.2) is 4.98 Å². The number of nitrogens with zero attached hydrogens (tertiary/aromatic N) is 2. The molecule has 0 aliphatic heterocycles. The molecule has 1 atom stereocenters. The molecule has 2 heterocycles. The summed E-state index contributed by atoms with van der Waals surface area (Å²) in [4.78, 5) is 6.92. The van der Waals surface area contributed by atoms with Crippen molar-refractivity contribution in [3.05, 3.63) is 65.7 Å². The number of aryl methyl sites for hydroxylation is 1. The average Bonchev–Trinajstić information content (AvgIpc) is 3.26. The second kappa shape index (κ2) is 8.14. The minimum atomic E-state index is 0.169. The van der Waals surface area contributed by atoms with Gasteiger partial charge in [-0.1, -0.05) is 30.3 Å². The highest BCUT2D eigenvalue weighted by Gasteiger charge is 2.20. The fraction of sp³-hybridized carbons (Fsp3) is 0.350. The maximum Gasteiger partial charge on any atom is 0.263 e. The molecule has 0 amide bonds. The van der Waals surface area contributed by atoms with Crippen LogP contribution in [0.1, 0.15) is 30.4 Å². The van der Waals surface area contributed by atoms with Gasteiger partial charge in [0.25, 0.3) is 5.89 Å². The highest BCUT2D eigenvalue weighted by Crippen LogP contribution is 2.24. The zero-order valence-electron chi connectivity index (χ0n) is 14.7. The number of aliphatic hydroxyl groups excluding tert-OH is 1. The van der Waals surface area contributed by atoms with Crippen LogP contribution in [0, 0.1) is 6.92 Å². The maximum absolute atomic E-state index is 9.33. The lowest BCUT2D eigenvalue weighted by Gasteiger charge is -2.28. The number of oxazole rings is 1. The van der Waals surface area contributed by atoms with E-state index in [9.17, 15) is 5.11 Å². The van der Waals surface area contributed by atoms with Crippen molar-refractivity contribution in [1.82, 2.24) is 9.88 Å². The Balaban J connectivity index is 1.80. The number of hydrogen-bond donors (Lipinski definition) is 1. The molecule has 3 aromatic rings. The number of furan rings is 1. The third-order valence-electron chi connectivity index (χ3n) is 4.38. The third kappa shape index (κ3) is 4.38. The fourth-order valence-electron chi connectivity index (χ4n) is 2.83. The molecule has 5 heteroatoms.